The van der Waals surface area contributed by atoms with Crippen LogP contribution in [-0.4, -0.2) is 9.97 Å². The summed E-state index contributed by atoms with van der Waals surface area (Å²) in [6.45, 7) is 0.336. The van der Waals surface area contributed by atoms with E-state index in [4.69, 9.17) is 9.15 Å². The molecule has 3 aromatic heterocycles. The first-order chi connectivity index (χ1) is 16.3. The Balaban J connectivity index is 1.53. The molecule has 162 valence electrons. The summed E-state index contributed by atoms with van der Waals surface area (Å²) in [6.07, 6.45) is 5.25. The Kier molecular flexibility index (Phi) is 6.17. The highest BCUT2D eigenvalue weighted by molar-refractivity contribution is 7.98. The molecule has 2 aromatic carbocycles. The van der Waals surface area contributed by atoms with Crippen LogP contribution in [0.1, 0.15) is 11.3 Å². The van der Waals surface area contributed by atoms with Crippen LogP contribution in [0.3, 0.4) is 0 Å². The quantitative estimate of drug-likeness (QED) is 0.277. The van der Waals surface area contributed by atoms with E-state index in [1.165, 1.54) is 11.8 Å². The Morgan fingerprint density at radius 2 is 1.70 bits per heavy atom. The van der Waals surface area contributed by atoms with Gasteiger partial charge in [0.15, 0.2) is 5.09 Å². The van der Waals surface area contributed by atoms with Gasteiger partial charge in [-0.25, -0.2) is 0 Å². The molecule has 0 saturated heterocycles. The minimum Gasteiger partial charge on any atom is -0.487 e. The van der Waals surface area contributed by atoms with Crippen LogP contribution in [0.2, 0.25) is 0 Å². The van der Waals surface area contributed by atoms with Gasteiger partial charge in [0.2, 0.25) is 5.43 Å². The van der Waals surface area contributed by atoms with Crippen molar-refractivity contribution in [3.8, 4) is 16.9 Å². The van der Waals surface area contributed by atoms with Gasteiger partial charge in [0, 0.05) is 30.4 Å². The lowest BCUT2D eigenvalue weighted by molar-refractivity contribution is 0.301. The van der Waals surface area contributed by atoms with E-state index in [0.29, 0.717) is 39.7 Å². The van der Waals surface area contributed by atoms with Gasteiger partial charge in [-0.15, -0.1) is 0 Å². The molecule has 0 fully saturated rings. The molecule has 0 radical (unpaired) electrons. The third-order valence-corrected chi connectivity index (χ3v) is 6.15. The second kappa shape index (κ2) is 9.71. The minimum absolute atomic E-state index is 0.0593. The number of pyridine rings is 2. The summed E-state index contributed by atoms with van der Waals surface area (Å²) < 4.78 is 12.2. The number of rotatable bonds is 7. The third kappa shape index (κ3) is 4.81. The summed E-state index contributed by atoms with van der Waals surface area (Å²) >= 11 is 1.49. The van der Waals surface area contributed by atoms with Gasteiger partial charge in [-0.05, 0) is 47.5 Å². The number of nitrogens with zero attached hydrogens (tertiary/aromatic N) is 2. The van der Waals surface area contributed by atoms with E-state index < -0.39 is 0 Å². The number of fused-ring (bicyclic) bond motifs is 1. The van der Waals surface area contributed by atoms with E-state index in [2.05, 4.69) is 9.97 Å². The molecule has 0 aliphatic carbocycles. The van der Waals surface area contributed by atoms with Crippen LogP contribution in [0.15, 0.2) is 112 Å². The molecule has 0 aliphatic rings. The van der Waals surface area contributed by atoms with E-state index in [1.54, 1.807) is 36.8 Å². The first-order valence-corrected chi connectivity index (χ1v) is 11.5. The number of benzene rings is 2. The summed E-state index contributed by atoms with van der Waals surface area (Å²) in [4.78, 5) is 21.9. The summed E-state index contributed by atoms with van der Waals surface area (Å²) in [5.41, 5.74) is 3.77. The molecule has 3 heterocycles. The number of hydrogen-bond acceptors (Lipinski definition) is 6. The fraction of sp³-hybridized carbons (Fsp3) is 0.0741. The zero-order valence-electron chi connectivity index (χ0n) is 17.7. The highest BCUT2D eigenvalue weighted by atomic mass is 32.2. The van der Waals surface area contributed by atoms with Crippen molar-refractivity contribution in [3.63, 3.8) is 0 Å². The third-order valence-electron chi connectivity index (χ3n) is 5.13. The second-order valence-corrected chi connectivity index (χ2v) is 8.32. The fourth-order valence-corrected chi connectivity index (χ4v) is 4.46. The van der Waals surface area contributed by atoms with Crippen LogP contribution in [0.4, 0.5) is 0 Å². The molecule has 0 saturated carbocycles. The average Bonchev–Trinajstić information content (AvgIpc) is 2.88. The van der Waals surface area contributed by atoms with Crippen molar-refractivity contribution in [3.05, 3.63) is 119 Å². The largest absolute Gasteiger partial charge is 0.487 e. The van der Waals surface area contributed by atoms with Crippen molar-refractivity contribution in [2.75, 3.05) is 0 Å². The Morgan fingerprint density at radius 1 is 0.879 bits per heavy atom. The smallest absolute Gasteiger partial charge is 0.201 e. The second-order valence-electron chi connectivity index (χ2n) is 7.37. The maximum atomic E-state index is 13.5. The van der Waals surface area contributed by atoms with E-state index in [1.807, 2.05) is 60.7 Å². The molecule has 0 unspecified atom stereocenters. The van der Waals surface area contributed by atoms with Crippen molar-refractivity contribution in [2.24, 2.45) is 0 Å². The fourth-order valence-electron chi connectivity index (χ4n) is 3.47. The van der Waals surface area contributed by atoms with Crippen molar-refractivity contribution in [2.45, 2.75) is 17.5 Å². The van der Waals surface area contributed by atoms with Gasteiger partial charge < -0.3 is 9.15 Å². The topological polar surface area (TPSA) is 65.2 Å². The Labute approximate surface area is 195 Å². The van der Waals surface area contributed by atoms with E-state index in [9.17, 15) is 4.79 Å². The lowest BCUT2D eigenvalue weighted by atomic mass is 10.1. The molecule has 5 rings (SSSR count). The lowest BCUT2D eigenvalue weighted by Gasteiger charge is -2.11. The molecule has 6 heteroatoms. The Morgan fingerprint density at radius 3 is 2.48 bits per heavy atom. The zero-order chi connectivity index (χ0) is 22.5. The van der Waals surface area contributed by atoms with Crippen molar-refractivity contribution in [1.29, 1.82) is 0 Å². The maximum absolute atomic E-state index is 13.5. The molecule has 5 nitrogen and oxygen atoms in total. The summed E-state index contributed by atoms with van der Waals surface area (Å²) in [5.74, 6) is 1.28. The number of hydrogen-bond donors (Lipinski definition) is 0. The summed E-state index contributed by atoms with van der Waals surface area (Å²) in [6, 6.07) is 24.6. The van der Waals surface area contributed by atoms with Crippen molar-refractivity contribution >= 4 is 22.7 Å². The molecule has 0 N–H and O–H groups in total. The number of ether oxygens (including phenoxy) is 1. The first-order valence-electron chi connectivity index (χ1n) is 10.5. The monoisotopic (exact) mass is 452 g/mol. The molecule has 0 amide bonds. The van der Waals surface area contributed by atoms with Crippen LogP contribution in [0.25, 0.3) is 22.1 Å². The van der Waals surface area contributed by atoms with Gasteiger partial charge in [-0.3, -0.25) is 14.8 Å². The Hall–Kier alpha value is -3.90. The van der Waals surface area contributed by atoms with Gasteiger partial charge in [0.25, 0.3) is 0 Å². The maximum Gasteiger partial charge on any atom is 0.201 e. The predicted octanol–water partition coefficient (Wildman–Crippen LogP) is 6.12. The molecule has 0 aliphatic heterocycles. The first kappa shape index (κ1) is 21.0. The Bertz CT molecular complexity index is 1420. The molecule has 5 aromatic rings. The highest BCUT2D eigenvalue weighted by Crippen LogP contribution is 2.34. The minimum atomic E-state index is -0.0593. The molecule has 0 atom stereocenters. The van der Waals surface area contributed by atoms with Gasteiger partial charge in [0.05, 0.1) is 16.6 Å². The summed E-state index contributed by atoms with van der Waals surface area (Å²) in [7, 11) is 0. The number of aromatic nitrogens is 2. The molecule has 0 bridgehead atoms. The zero-order valence-corrected chi connectivity index (χ0v) is 18.5. The van der Waals surface area contributed by atoms with Crippen LogP contribution >= 0.6 is 11.8 Å². The van der Waals surface area contributed by atoms with Crippen LogP contribution < -0.4 is 10.2 Å². The molecular weight excluding hydrogens is 432 g/mol. The van der Waals surface area contributed by atoms with Gasteiger partial charge in [-0.1, -0.05) is 48.2 Å². The normalized spacial score (nSPS) is 10.9. The molecule has 33 heavy (non-hydrogen) atoms. The predicted molar refractivity (Wildman–Crippen MR) is 130 cm³/mol. The molecular formula is C27H20N2O3S. The van der Waals surface area contributed by atoms with Gasteiger partial charge >= 0.3 is 0 Å². The number of thioether (sulfide) groups is 1. The standard InChI is InChI=1S/C27H20N2O3S/c30-26-23-10-9-22(31-17-21-8-4-5-13-29-21)16-24(23)32-27(25(26)20-6-2-1-3-7-20)33-18-19-11-14-28-15-12-19/h1-16H,17-18H2. The van der Waals surface area contributed by atoms with Crippen LogP contribution in [-0.2, 0) is 12.4 Å². The van der Waals surface area contributed by atoms with E-state index >= 15 is 0 Å². The SMILES string of the molecule is O=c1c(-c2ccccc2)c(SCc2ccncc2)oc2cc(OCc3ccccn3)ccc12. The van der Waals surface area contributed by atoms with E-state index in [-0.39, 0.29) is 5.43 Å². The summed E-state index contributed by atoms with van der Waals surface area (Å²) in [5, 5.41) is 1.10. The van der Waals surface area contributed by atoms with Gasteiger partial charge in [0.1, 0.15) is 17.9 Å². The van der Waals surface area contributed by atoms with Crippen molar-refractivity contribution in [1.82, 2.24) is 9.97 Å². The highest BCUT2D eigenvalue weighted by Gasteiger charge is 2.17. The lowest BCUT2D eigenvalue weighted by Crippen LogP contribution is -2.07. The van der Waals surface area contributed by atoms with Crippen LogP contribution in [0.5, 0.6) is 5.75 Å². The average molecular weight is 453 g/mol. The van der Waals surface area contributed by atoms with Gasteiger partial charge in [-0.2, -0.15) is 0 Å². The van der Waals surface area contributed by atoms with E-state index in [0.717, 1.165) is 16.8 Å². The van der Waals surface area contributed by atoms with Crippen LogP contribution in [0, 0.1) is 0 Å². The van der Waals surface area contributed by atoms with Crippen molar-refractivity contribution < 1.29 is 9.15 Å². The molecule has 0 spiro atoms.